The Morgan fingerprint density at radius 1 is 1.13 bits per heavy atom. The number of nitrogens with one attached hydrogen (secondary N) is 1. The van der Waals surface area contributed by atoms with Gasteiger partial charge in [-0.15, -0.1) is 0 Å². The van der Waals surface area contributed by atoms with Crippen LogP contribution in [0.5, 0.6) is 0 Å². The number of ether oxygens (including phenoxy) is 1. The molecule has 0 radical (unpaired) electrons. The molecule has 0 bridgehead atoms. The molecule has 0 atom stereocenters. The highest BCUT2D eigenvalue weighted by Gasteiger charge is 2.26. The lowest BCUT2D eigenvalue weighted by molar-refractivity contribution is 0.122. The van der Waals surface area contributed by atoms with Gasteiger partial charge in [-0.2, -0.15) is 5.10 Å². The third kappa shape index (κ3) is 3.88. The molecule has 0 amide bonds. The lowest BCUT2D eigenvalue weighted by Gasteiger charge is -2.32. The molecule has 31 heavy (non-hydrogen) atoms. The van der Waals surface area contributed by atoms with Gasteiger partial charge in [-0.05, 0) is 6.92 Å². The highest BCUT2D eigenvalue weighted by Crippen LogP contribution is 2.27. The van der Waals surface area contributed by atoms with Gasteiger partial charge in [0.05, 0.1) is 30.2 Å². The van der Waals surface area contributed by atoms with Crippen molar-refractivity contribution < 1.29 is 4.74 Å². The summed E-state index contributed by atoms with van der Waals surface area (Å²) in [6, 6.07) is 9.82. The molecule has 0 saturated carbocycles. The van der Waals surface area contributed by atoms with Gasteiger partial charge in [0, 0.05) is 57.3 Å². The van der Waals surface area contributed by atoms with Gasteiger partial charge < -0.3 is 14.6 Å². The molecule has 1 saturated heterocycles. The number of hydrogen-bond acceptors (Lipinski definition) is 6. The van der Waals surface area contributed by atoms with Crippen molar-refractivity contribution in [1.82, 2.24) is 24.6 Å². The average molecular weight is 421 g/mol. The first kappa shape index (κ1) is 20.0. The van der Waals surface area contributed by atoms with E-state index in [0.29, 0.717) is 12.4 Å². The Morgan fingerprint density at radius 2 is 1.90 bits per heavy atom. The first-order chi connectivity index (χ1) is 15.1. The number of nitrogens with zero attached hydrogens (tertiary/aromatic N) is 5. The lowest BCUT2D eigenvalue weighted by atomic mass is 10.1. The van der Waals surface area contributed by atoms with Crippen LogP contribution in [0.1, 0.15) is 22.5 Å². The Kier molecular flexibility index (Phi) is 5.33. The molecule has 0 spiro atoms. The average Bonchev–Trinajstić information content (AvgIpc) is 3.07. The van der Waals surface area contributed by atoms with Crippen LogP contribution in [0.25, 0.3) is 11.4 Å². The van der Waals surface area contributed by atoms with Gasteiger partial charge in [0.2, 0.25) is 0 Å². The van der Waals surface area contributed by atoms with Crippen LogP contribution in [0.3, 0.4) is 0 Å². The number of aryl methyl sites for hydroxylation is 2. The maximum atomic E-state index is 12.9. The zero-order chi connectivity index (χ0) is 21.4. The van der Waals surface area contributed by atoms with Crippen molar-refractivity contribution >= 4 is 5.82 Å². The summed E-state index contributed by atoms with van der Waals surface area (Å²) in [5, 5.41) is 4.69. The van der Waals surface area contributed by atoms with Crippen LogP contribution in [0.15, 0.2) is 35.1 Å². The largest absolute Gasteiger partial charge is 0.378 e. The minimum absolute atomic E-state index is 0.0372. The van der Waals surface area contributed by atoms with Crippen molar-refractivity contribution in [2.24, 2.45) is 7.05 Å². The molecule has 5 rings (SSSR count). The van der Waals surface area contributed by atoms with Crippen molar-refractivity contribution in [1.29, 1.82) is 0 Å². The standard InChI is InChI=1S/C23H28N6O2/c1-16-18(23(27(2)26-16)29-10-12-31-13-11-29)14-28-9-8-20-19(15-28)22(30)25-21(24-20)17-6-4-3-5-7-17/h3-7H,8-15H2,1-2H3,(H,24,25,30). The van der Waals surface area contributed by atoms with Gasteiger partial charge in [0.15, 0.2) is 0 Å². The number of fused-ring (bicyclic) bond motifs is 1. The molecule has 8 nitrogen and oxygen atoms in total. The molecule has 0 aliphatic carbocycles. The Labute approximate surface area is 181 Å². The van der Waals surface area contributed by atoms with Crippen LogP contribution < -0.4 is 10.5 Å². The van der Waals surface area contributed by atoms with Crippen molar-refractivity contribution in [3.63, 3.8) is 0 Å². The van der Waals surface area contributed by atoms with E-state index < -0.39 is 0 Å². The van der Waals surface area contributed by atoms with Crippen LogP contribution in [0, 0.1) is 6.92 Å². The molecule has 0 unspecified atom stereocenters. The summed E-state index contributed by atoms with van der Waals surface area (Å²) < 4.78 is 7.51. The number of hydrogen-bond donors (Lipinski definition) is 1. The number of anilines is 1. The van der Waals surface area contributed by atoms with Gasteiger partial charge in [-0.25, -0.2) is 4.98 Å². The summed E-state index contributed by atoms with van der Waals surface area (Å²) >= 11 is 0. The zero-order valence-corrected chi connectivity index (χ0v) is 18.1. The zero-order valence-electron chi connectivity index (χ0n) is 18.1. The molecule has 8 heteroatoms. The fourth-order valence-electron chi connectivity index (χ4n) is 4.62. The molecule has 2 aromatic heterocycles. The van der Waals surface area contributed by atoms with Crippen LogP contribution in [0.2, 0.25) is 0 Å². The number of aromatic nitrogens is 4. The molecule has 162 valence electrons. The molecular weight excluding hydrogens is 392 g/mol. The summed E-state index contributed by atoms with van der Waals surface area (Å²) in [5.41, 5.74) is 4.87. The molecule has 2 aliphatic heterocycles. The van der Waals surface area contributed by atoms with Crippen molar-refractivity contribution in [3.8, 4) is 11.4 Å². The summed E-state index contributed by atoms with van der Waals surface area (Å²) in [6.45, 7) is 7.54. The minimum atomic E-state index is -0.0372. The van der Waals surface area contributed by atoms with Crippen LogP contribution in [-0.4, -0.2) is 57.5 Å². The SMILES string of the molecule is Cc1nn(C)c(N2CCOCC2)c1CN1CCc2nc(-c3ccccc3)[nH]c(=O)c2C1. The van der Waals surface area contributed by atoms with Gasteiger partial charge in [-0.3, -0.25) is 14.4 Å². The van der Waals surface area contributed by atoms with Gasteiger partial charge >= 0.3 is 0 Å². The van der Waals surface area contributed by atoms with Crippen LogP contribution >= 0.6 is 0 Å². The topological polar surface area (TPSA) is 79.3 Å². The first-order valence-electron chi connectivity index (χ1n) is 10.8. The van der Waals surface area contributed by atoms with E-state index in [1.807, 2.05) is 42.1 Å². The Bertz CT molecular complexity index is 1130. The second-order valence-corrected chi connectivity index (χ2v) is 8.28. The Morgan fingerprint density at radius 3 is 2.68 bits per heavy atom. The van der Waals surface area contributed by atoms with E-state index in [2.05, 4.69) is 26.8 Å². The predicted octanol–water partition coefficient (Wildman–Crippen LogP) is 1.87. The number of rotatable bonds is 4. The highest BCUT2D eigenvalue weighted by atomic mass is 16.5. The van der Waals surface area contributed by atoms with E-state index in [1.165, 1.54) is 5.56 Å². The molecule has 3 aromatic rings. The van der Waals surface area contributed by atoms with E-state index >= 15 is 0 Å². The summed E-state index contributed by atoms with van der Waals surface area (Å²) in [4.78, 5) is 25.3. The second kappa shape index (κ2) is 8.28. The highest BCUT2D eigenvalue weighted by molar-refractivity contribution is 5.55. The molecule has 2 aliphatic rings. The van der Waals surface area contributed by atoms with Crippen molar-refractivity contribution in [2.75, 3.05) is 37.7 Å². The van der Waals surface area contributed by atoms with Crippen molar-refractivity contribution in [2.45, 2.75) is 26.4 Å². The number of H-pyrrole nitrogens is 1. The monoisotopic (exact) mass is 420 g/mol. The lowest BCUT2D eigenvalue weighted by Crippen LogP contribution is -2.39. The molecule has 1 N–H and O–H groups in total. The molecule has 1 fully saturated rings. The van der Waals surface area contributed by atoms with Crippen molar-refractivity contribution in [3.05, 3.63) is 63.2 Å². The van der Waals surface area contributed by atoms with Crippen LogP contribution in [0.4, 0.5) is 5.82 Å². The first-order valence-corrected chi connectivity index (χ1v) is 10.8. The summed E-state index contributed by atoms with van der Waals surface area (Å²) in [5.74, 6) is 1.81. The van der Waals surface area contributed by atoms with Gasteiger partial charge in [-0.1, -0.05) is 30.3 Å². The number of benzene rings is 1. The van der Waals surface area contributed by atoms with Gasteiger partial charge in [0.25, 0.3) is 5.56 Å². The van der Waals surface area contributed by atoms with Gasteiger partial charge in [0.1, 0.15) is 11.6 Å². The predicted molar refractivity (Wildman–Crippen MR) is 119 cm³/mol. The van der Waals surface area contributed by atoms with E-state index in [9.17, 15) is 4.79 Å². The van der Waals surface area contributed by atoms with Crippen LogP contribution in [-0.2, 0) is 31.3 Å². The van der Waals surface area contributed by atoms with E-state index in [1.54, 1.807) is 0 Å². The molecule has 4 heterocycles. The molecular formula is C23H28N6O2. The summed E-state index contributed by atoms with van der Waals surface area (Å²) in [6.07, 6.45) is 0.769. The molecule has 1 aromatic carbocycles. The van der Waals surface area contributed by atoms with E-state index in [-0.39, 0.29) is 5.56 Å². The normalized spacial score (nSPS) is 17.0. The third-order valence-electron chi connectivity index (χ3n) is 6.20. The maximum absolute atomic E-state index is 12.9. The van der Waals surface area contributed by atoms with E-state index in [4.69, 9.17) is 9.72 Å². The summed E-state index contributed by atoms with van der Waals surface area (Å²) in [7, 11) is 2.01. The fourth-order valence-corrected chi connectivity index (χ4v) is 4.62. The Balaban J connectivity index is 1.39. The quantitative estimate of drug-likeness (QED) is 0.694. The Hall–Kier alpha value is -2.97. The third-order valence-corrected chi connectivity index (χ3v) is 6.20. The second-order valence-electron chi connectivity index (χ2n) is 8.28. The minimum Gasteiger partial charge on any atom is -0.378 e. The van der Waals surface area contributed by atoms with E-state index in [0.717, 1.165) is 74.1 Å². The maximum Gasteiger partial charge on any atom is 0.255 e. The number of morpholine rings is 1. The number of aromatic amines is 1. The smallest absolute Gasteiger partial charge is 0.255 e. The fraction of sp³-hybridized carbons (Fsp3) is 0.435.